The minimum absolute atomic E-state index is 0.0848. The van der Waals surface area contributed by atoms with Gasteiger partial charge in [-0.05, 0) is 19.3 Å². The molecule has 0 aromatic heterocycles. The number of nitrogens with two attached hydrogens (primary N) is 1. The normalized spacial score (nSPS) is 14.8. The molecule has 5 nitrogen and oxygen atoms in total. The Hall–Kier alpha value is -1.71. The van der Waals surface area contributed by atoms with Crippen LogP contribution in [0.1, 0.15) is 59.8 Å². The Kier molecular flexibility index (Phi) is 16.0. The second-order valence-corrected chi connectivity index (χ2v) is 8.24. The van der Waals surface area contributed by atoms with Gasteiger partial charge in [0.15, 0.2) is 0 Å². The quantitative estimate of drug-likeness (QED) is 0.0588. The third kappa shape index (κ3) is 12.4. The van der Waals surface area contributed by atoms with Crippen molar-refractivity contribution in [2.45, 2.75) is 72.3 Å². The van der Waals surface area contributed by atoms with Crippen LogP contribution in [0.4, 0.5) is 13.2 Å². The maximum atomic E-state index is 12.7. The van der Waals surface area contributed by atoms with Crippen LogP contribution in [0.3, 0.4) is 0 Å². The zero-order valence-corrected chi connectivity index (χ0v) is 21.1. The van der Waals surface area contributed by atoms with E-state index in [9.17, 15) is 18.0 Å². The van der Waals surface area contributed by atoms with Crippen LogP contribution in [0.25, 0.3) is 0 Å². The molecule has 2 unspecified atom stereocenters. The number of carbonyl (C=O) groups is 1. The van der Waals surface area contributed by atoms with Gasteiger partial charge in [0.25, 0.3) is 0 Å². The summed E-state index contributed by atoms with van der Waals surface area (Å²) in [5.41, 5.74) is 1.36. The summed E-state index contributed by atoms with van der Waals surface area (Å²) in [4.78, 5) is 14.0. The van der Waals surface area contributed by atoms with Gasteiger partial charge >= 0.3 is 6.36 Å². The van der Waals surface area contributed by atoms with Crippen molar-refractivity contribution in [3.63, 3.8) is 0 Å². The molecule has 0 aromatic rings. The number of nitrogens with zero attached hydrogens (tertiary/aromatic N) is 1. The number of aldehydes is 1. The first kappa shape index (κ1) is 31.3. The molecule has 33 heavy (non-hydrogen) atoms. The van der Waals surface area contributed by atoms with Crippen molar-refractivity contribution >= 4 is 18.2 Å². The SMILES string of the molecule is C=CC(OC(F)(F)F)C(C)C(=C)O/C(=C/C(=C(/C=O)CC)N(CCCC)CCCC)CSN. The lowest BCUT2D eigenvalue weighted by molar-refractivity contribution is -0.340. The number of unbranched alkanes of at least 4 members (excludes halogenated alkanes) is 2. The molecule has 2 atom stereocenters. The van der Waals surface area contributed by atoms with Gasteiger partial charge in [-0.15, -0.1) is 19.8 Å². The number of alkyl halides is 3. The first-order chi connectivity index (χ1) is 15.6. The van der Waals surface area contributed by atoms with Crippen LogP contribution in [0.2, 0.25) is 0 Å². The third-order valence-corrected chi connectivity index (χ3v) is 5.50. The van der Waals surface area contributed by atoms with Crippen molar-refractivity contribution in [1.29, 1.82) is 0 Å². The molecule has 0 aliphatic carbocycles. The summed E-state index contributed by atoms with van der Waals surface area (Å²) in [5, 5.41) is 5.68. The molecule has 0 bridgehead atoms. The molecular weight excluding hydrogens is 453 g/mol. The molecule has 0 amide bonds. The van der Waals surface area contributed by atoms with E-state index in [-0.39, 0.29) is 11.5 Å². The monoisotopic (exact) mass is 492 g/mol. The molecule has 0 rings (SSSR count). The first-order valence-corrected chi connectivity index (χ1v) is 12.3. The lowest BCUT2D eigenvalue weighted by Gasteiger charge is -2.29. The number of allylic oxidation sites excluding steroid dienone is 2. The second kappa shape index (κ2) is 16.8. The molecule has 0 spiro atoms. The Bertz CT molecular complexity index is 670. The summed E-state index contributed by atoms with van der Waals surface area (Å²) in [6.07, 6.45) is 1.94. The van der Waals surface area contributed by atoms with E-state index in [0.717, 1.165) is 68.8 Å². The molecule has 190 valence electrons. The van der Waals surface area contributed by atoms with Gasteiger partial charge in [-0.3, -0.25) is 14.7 Å². The number of hydrogen-bond donors (Lipinski definition) is 1. The predicted molar refractivity (Wildman–Crippen MR) is 130 cm³/mol. The number of rotatable bonds is 18. The van der Waals surface area contributed by atoms with Crippen molar-refractivity contribution in [2.75, 3.05) is 18.8 Å². The van der Waals surface area contributed by atoms with Gasteiger partial charge in [0, 0.05) is 36.4 Å². The van der Waals surface area contributed by atoms with Crippen LogP contribution >= 0.6 is 11.9 Å². The topological polar surface area (TPSA) is 64.8 Å². The molecular formula is C24H39F3N2O3S. The van der Waals surface area contributed by atoms with Crippen molar-refractivity contribution in [1.82, 2.24) is 4.90 Å². The van der Waals surface area contributed by atoms with E-state index in [1.807, 2.05) is 6.92 Å². The summed E-state index contributed by atoms with van der Waals surface area (Å²) >= 11 is 1.01. The van der Waals surface area contributed by atoms with Gasteiger partial charge in [0.1, 0.15) is 17.8 Å². The van der Waals surface area contributed by atoms with Crippen LogP contribution in [0.5, 0.6) is 0 Å². The Morgan fingerprint density at radius 1 is 1.18 bits per heavy atom. The fraction of sp³-hybridized carbons (Fsp3) is 0.625. The van der Waals surface area contributed by atoms with Gasteiger partial charge in [-0.25, -0.2) is 0 Å². The highest BCUT2D eigenvalue weighted by Gasteiger charge is 2.35. The van der Waals surface area contributed by atoms with Crippen LogP contribution < -0.4 is 5.14 Å². The number of ether oxygens (including phenoxy) is 2. The lowest BCUT2D eigenvalue weighted by Crippen LogP contribution is -2.29. The van der Waals surface area contributed by atoms with E-state index in [2.05, 4.69) is 36.6 Å². The smallest absolute Gasteiger partial charge is 0.465 e. The molecule has 0 aromatic carbocycles. The van der Waals surface area contributed by atoms with Gasteiger partial charge in [-0.2, -0.15) is 0 Å². The Labute approximate surface area is 201 Å². The second-order valence-electron chi connectivity index (χ2n) is 7.62. The zero-order chi connectivity index (χ0) is 25.4. The molecule has 0 radical (unpaired) electrons. The molecule has 0 saturated carbocycles. The van der Waals surface area contributed by atoms with Crippen LogP contribution in [0, 0.1) is 5.92 Å². The minimum atomic E-state index is -4.81. The van der Waals surface area contributed by atoms with Crippen molar-refractivity contribution in [2.24, 2.45) is 11.1 Å². The van der Waals surface area contributed by atoms with Gasteiger partial charge < -0.3 is 9.64 Å². The highest BCUT2D eigenvalue weighted by Crippen LogP contribution is 2.28. The fourth-order valence-corrected chi connectivity index (χ4v) is 3.36. The van der Waals surface area contributed by atoms with E-state index in [1.54, 1.807) is 6.08 Å². The van der Waals surface area contributed by atoms with E-state index >= 15 is 0 Å². The van der Waals surface area contributed by atoms with Crippen molar-refractivity contribution in [3.05, 3.63) is 48.1 Å². The number of hydrogen-bond acceptors (Lipinski definition) is 6. The minimum Gasteiger partial charge on any atom is -0.465 e. The zero-order valence-electron chi connectivity index (χ0n) is 20.2. The van der Waals surface area contributed by atoms with E-state index < -0.39 is 18.4 Å². The Morgan fingerprint density at radius 3 is 2.15 bits per heavy atom. The highest BCUT2D eigenvalue weighted by atomic mass is 32.2. The standard InChI is InChI=1S/C24H39F3N2O3S/c1-7-11-13-29(14-12-8-2)22(20(9-3)16-30)15-21(17-33-28)31-19(6)18(5)23(10-4)32-24(25,26)27/h10,15-16,18,23H,4,6-9,11-14,17,28H2,1-3,5H3/b21-15+,22-20-. The third-order valence-electron chi connectivity index (χ3n) is 5.04. The fourth-order valence-electron chi connectivity index (χ4n) is 3.05. The highest BCUT2D eigenvalue weighted by molar-refractivity contribution is 7.97. The largest absolute Gasteiger partial charge is 0.523 e. The molecule has 0 aliphatic rings. The molecule has 2 N–H and O–H groups in total. The van der Waals surface area contributed by atoms with Gasteiger partial charge in [0.2, 0.25) is 0 Å². The summed E-state index contributed by atoms with van der Waals surface area (Å²) in [5.74, 6) is -0.0911. The average Bonchev–Trinajstić information content (AvgIpc) is 2.76. The van der Waals surface area contributed by atoms with E-state index in [1.165, 1.54) is 6.92 Å². The Morgan fingerprint density at radius 2 is 1.76 bits per heavy atom. The van der Waals surface area contributed by atoms with Crippen LogP contribution in [-0.2, 0) is 14.3 Å². The van der Waals surface area contributed by atoms with Crippen LogP contribution in [-0.4, -0.2) is 42.5 Å². The van der Waals surface area contributed by atoms with E-state index in [0.29, 0.717) is 17.8 Å². The summed E-state index contributed by atoms with van der Waals surface area (Å²) < 4.78 is 48.1. The molecule has 0 saturated heterocycles. The van der Waals surface area contributed by atoms with E-state index in [4.69, 9.17) is 9.88 Å². The summed E-state index contributed by atoms with van der Waals surface area (Å²) in [7, 11) is 0. The maximum Gasteiger partial charge on any atom is 0.523 e. The van der Waals surface area contributed by atoms with Gasteiger partial charge in [0.05, 0.1) is 11.9 Å². The van der Waals surface area contributed by atoms with Gasteiger partial charge in [-0.1, -0.05) is 65.1 Å². The predicted octanol–water partition coefficient (Wildman–Crippen LogP) is 6.50. The first-order valence-electron chi connectivity index (χ1n) is 11.3. The summed E-state index contributed by atoms with van der Waals surface area (Å²) in [6, 6.07) is 0. The summed E-state index contributed by atoms with van der Waals surface area (Å²) in [6.45, 7) is 16.4. The number of halogens is 3. The lowest BCUT2D eigenvalue weighted by atomic mass is 10.0. The molecule has 0 aliphatic heterocycles. The van der Waals surface area contributed by atoms with Crippen LogP contribution in [0.15, 0.2) is 48.1 Å². The van der Waals surface area contributed by atoms with Crippen molar-refractivity contribution in [3.8, 4) is 0 Å². The number of carbonyl (C=O) groups excluding carboxylic acids is 1. The molecule has 9 heteroatoms. The molecule has 0 fully saturated rings. The van der Waals surface area contributed by atoms with Crippen molar-refractivity contribution < 1.29 is 27.4 Å². The maximum absolute atomic E-state index is 12.7. The molecule has 0 heterocycles. The Balaban J connectivity index is 6.05. The average molecular weight is 493 g/mol.